The maximum Gasteiger partial charge on any atom is 0.0931 e. The monoisotopic (exact) mass is 302 g/mol. The lowest BCUT2D eigenvalue weighted by atomic mass is 9.99. The minimum Gasteiger partial charge on any atom is -0.381 e. The number of likely N-dealkylation sites (N-methyl/N-ethyl adjacent to an activating group) is 1. The number of halogens is 1. The quantitative estimate of drug-likeness (QED) is 0.907. The van der Waals surface area contributed by atoms with Crippen molar-refractivity contribution < 1.29 is 4.74 Å². The molecule has 2 rings (SSSR count). The first-order valence-electron chi connectivity index (χ1n) is 6.94. The van der Waals surface area contributed by atoms with E-state index in [1.54, 1.807) is 11.3 Å². The molecule has 1 aliphatic heterocycles. The van der Waals surface area contributed by atoms with Crippen molar-refractivity contribution in [2.45, 2.75) is 44.3 Å². The number of hydrogen-bond donors (Lipinski definition) is 1. The summed E-state index contributed by atoms with van der Waals surface area (Å²) in [6.45, 7) is 3.85. The van der Waals surface area contributed by atoms with Crippen molar-refractivity contribution in [3.63, 3.8) is 0 Å². The first-order valence-corrected chi connectivity index (χ1v) is 8.13. The zero-order chi connectivity index (χ0) is 13.8. The van der Waals surface area contributed by atoms with Crippen molar-refractivity contribution in [3.05, 3.63) is 21.3 Å². The molecule has 2 N–H and O–H groups in total. The van der Waals surface area contributed by atoms with Crippen molar-refractivity contribution in [2.24, 2.45) is 5.73 Å². The Kier molecular flexibility index (Phi) is 5.66. The van der Waals surface area contributed by atoms with Crippen LogP contribution in [0.15, 0.2) is 12.1 Å². The summed E-state index contributed by atoms with van der Waals surface area (Å²) >= 11 is 7.73. The lowest BCUT2D eigenvalue weighted by Gasteiger charge is -2.39. The Balaban J connectivity index is 2.16. The van der Waals surface area contributed by atoms with Crippen molar-refractivity contribution in [2.75, 3.05) is 20.3 Å². The smallest absolute Gasteiger partial charge is 0.0931 e. The summed E-state index contributed by atoms with van der Waals surface area (Å²) in [5.41, 5.74) is 6.36. The molecule has 108 valence electrons. The number of nitrogens with zero attached hydrogens (tertiary/aromatic N) is 1. The highest BCUT2D eigenvalue weighted by atomic mass is 35.5. The molecule has 1 aromatic rings. The molecule has 19 heavy (non-hydrogen) atoms. The molecule has 1 saturated heterocycles. The van der Waals surface area contributed by atoms with E-state index in [2.05, 4.69) is 24.9 Å². The average molecular weight is 303 g/mol. The molecule has 0 amide bonds. The maximum absolute atomic E-state index is 6.36. The standard InChI is InChI=1S/C14H23ClN2OS/c1-3-11(16)14(12-4-5-13(15)19-12)17(2)10-6-8-18-9-7-10/h4-5,10-11,14H,3,6-9,16H2,1-2H3. The summed E-state index contributed by atoms with van der Waals surface area (Å²) in [5, 5.41) is 0. The van der Waals surface area contributed by atoms with E-state index in [9.17, 15) is 0 Å². The third kappa shape index (κ3) is 3.70. The molecule has 0 saturated carbocycles. The largest absolute Gasteiger partial charge is 0.381 e. The van der Waals surface area contributed by atoms with Crippen LogP contribution in [0.3, 0.4) is 0 Å². The van der Waals surface area contributed by atoms with Crippen LogP contribution in [0.1, 0.15) is 37.1 Å². The van der Waals surface area contributed by atoms with Crippen LogP contribution in [0.5, 0.6) is 0 Å². The molecule has 2 atom stereocenters. The van der Waals surface area contributed by atoms with E-state index in [1.165, 1.54) is 4.88 Å². The normalized spacial score (nSPS) is 20.7. The van der Waals surface area contributed by atoms with Gasteiger partial charge in [-0.05, 0) is 38.4 Å². The second-order valence-electron chi connectivity index (χ2n) is 5.17. The third-order valence-electron chi connectivity index (χ3n) is 3.97. The highest BCUT2D eigenvalue weighted by Gasteiger charge is 2.30. The van der Waals surface area contributed by atoms with Gasteiger partial charge < -0.3 is 10.5 Å². The van der Waals surface area contributed by atoms with Crippen LogP contribution in [-0.2, 0) is 4.74 Å². The van der Waals surface area contributed by atoms with E-state index in [-0.39, 0.29) is 12.1 Å². The second-order valence-corrected chi connectivity index (χ2v) is 6.91. The van der Waals surface area contributed by atoms with Crippen molar-refractivity contribution in [1.29, 1.82) is 0 Å². The lowest BCUT2D eigenvalue weighted by Crippen LogP contribution is -2.45. The van der Waals surface area contributed by atoms with Gasteiger partial charge in [-0.1, -0.05) is 18.5 Å². The van der Waals surface area contributed by atoms with Crippen LogP contribution in [-0.4, -0.2) is 37.2 Å². The van der Waals surface area contributed by atoms with E-state index in [4.69, 9.17) is 22.1 Å². The average Bonchev–Trinajstić information content (AvgIpc) is 2.86. The van der Waals surface area contributed by atoms with Gasteiger partial charge in [0.05, 0.1) is 10.4 Å². The van der Waals surface area contributed by atoms with E-state index in [1.807, 2.05) is 6.07 Å². The predicted molar refractivity (Wildman–Crippen MR) is 81.9 cm³/mol. The molecule has 2 unspecified atom stereocenters. The first kappa shape index (κ1) is 15.3. The molecule has 0 bridgehead atoms. The minimum absolute atomic E-state index is 0.141. The molecule has 1 fully saturated rings. The second kappa shape index (κ2) is 7.04. The molecule has 0 radical (unpaired) electrons. The molecule has 5 heteroatoms. The van der Waals surface area contributed by atoms with Crippen LogP contribution in [0.25, 0.3) is 0 Å². The molecule has 0 aromatic carbocycles. The molecule has 0 aliphatic carbocycles. The molecular formula is C14H23ClN2OS. The van der Waals surface area contributed by atoms with Gasteiger partial charge in [0.2, 0.25) is 0 Å². The van der Waals surface area contributed by atoms with Gasteiger partial charge >= 0.3 is 0 Å². The summed E-state index contributed by atoms with van der Waals surface area (Å²) in [5.74, 6) is 0. The number of rotatable bonds is 5. The van der Waals surface area contributed by atoms with Crippen LogP contribution in [0.4, 0.5) is 0 Å². The summed E-state index contributed by atoms with van der Waals surface area (Å²) in [7, 11) is 2.18. The fourth-order valence-corrected chi connectivity index (χ4v) is 4.03. The number of thiophene rings is 1. The van der Waals surface area contributed by atoms with Crippen LogP contribution in [0, 0.1) is 0 Å². The van der Waals surface area contributed by atoms with E-state index in [0.717, 1.165) is 36.8 Å². The van der Waals surface area contributed by atoms with E-state index >= 15 is 0 Å². The van der Waals surface area contributed by atoms with Gasteiger partial charge in [0.1, 0.15) is 0 Å². The SMILES string of the molecule is CCC(N)C(c1ccc(Cl)s1)N(C)C1CCOCC1. The van der Waals surface area contributed by atoms with Gasteiger partial charge in [-0.25, -0.2) is 0 Å². The van der Waals surface area contributed by atoms with E-state index in [0.29, 0.717) is 6.04 Å². The topological polar surface area (TPSA) is 38.5 Å². The number of ether oxygens (including phenoxy) is 1. The van der Waals surface area contributed by atoms with Gasteiger partial charge in [0, 0.05) is 30.2 Å². The summed E-state index contributed by atoms with van der Waals surface area (Å²) in [6, 6.07) is 5.03. The zero-order valence-corrected chi connectivity index (χ0v) is 13.2. The molecular weight excluding hydrogens is 280 g/mol. The molecule has 0 spiro atoms. The molecule has 1 aliphatic rings. The molecule has 2 heterocycles. The highest BCUT2D eigenvalue weighted by molar-refractivity contribution is 7.16. The van der Waals surface area contributed by atoms with Gasteiger partial charge in [0.15, 0.2) is 0 Å². The molecule has 3 nitrogen and oxygen atoms in total. The van der Waals surface area contributed by atoms with Crippen LogP contribution < -0.4 is 5.73 Å². The Labute approximate surface area is 124 Å². The zero-order valence-electron chi connectivity index (χ0n) is 11.6. The van der Waals surface area contributed by atoms with Crippen molar-refractivity contribution >= 4 is 22.9 Å². The van der Waals surface area contributed by atoms with Crippen molar-refractivity contribution in [3.8, 4) is 0 Å². The Morgan fingerprint density at radius 1 is 1.47 bits per heavy atom. The summed E-state index contributed by atoms with van der Waals surface area (Å²) in [6.07, 6.45) is 3.14. The van der Waals surface area contributed by atoms with E-state index < -0.39 is 0 Å². The third-order valence-corrected chi connectivity index (χ3v) is 5.27. The summed E-state index contributed by atoms with van der Waals surface area (Å²) in [4.78, 5) is 3.70. The maximum atomic E-state index is 6.36. The Hall–Kier alpha value is -0.130. The van der Waals surface area contributed by atoms with Gasteiger partial charge in [0.25, 0.3) is 0 Å². The number of hydrogen-bond acceptors (Lipinski definition) is 4. The Bertz CT molecular complexity index is 393. The lowest BCUT2D eigenvalue weighted by molar-refractivity contribution is 0.0240. The minimum atomic E-state index is 0.141. The van der Waals surface area contributed by atoms with Gasteiger partial charge in [-0.15, -0.1) is 11.3 Å². The fourth-order valence-electron chi connectivity index (χ4n) is 2.74. The predicted octanol–water partition coefficient (Wildman–Crippen LogP) is 3.29. The van der Waals surface area contributed by atoms with Crippen LogP contribution in [0.2, 0.25) is 4.34 Å². The van der Waals surface area contributed by atoms with Crippen LogP contribution >= 0.6 is 22.9 Å². The fraction of sp³-hybridized carbons (Fsp3) is 0.714. The highest BCUT2D eigenvalue weighted by Crippen LogP contribution is 2.34. The Morgan fingerprint density at radius 2 is 2.16 bits per heavy atom. The van der Waals surface area contributed by atoms with Gasteiger partial charge in [-0.2, -0.15) is 0 Å². The van der Waals surface area contributed by atoms with Gasteiger partial charge in [-0.3, -0.25) is 4.90 Å². The summed E-state index contributed by atoms with van der Waals surface area (Å²) < 4.78 is 6.29. The van der Waals surface area contributed by atoms with Crippen molar-refractivity contribution in [1.82, 2.24) is 4.90 Å². The first-order chi connectivity index (χ1) is 9.13. The Morgan fingerprint density at radius 3 is 2.68 bits per heavy atom. The molecule has 1 aromatic heterocycles. The number of nitrogens with two attached hydrogens (primary N) is 1.